The van der Waals surface area contributed by atoms with Gasteiger partial charge in [-0.05, 0) is 65.4 Å². The van der Waals surface area contributed by atoms with Gasteiger partial charge in [0.1, 0.15) is 11.5 Å². The lowest BCUT2D eigenvalue weighted by Crippen LogP contribution is -2.24. The van der Waals surface area contributed by atoms with Crippen molar-refractivity contribution in [1.82, 2.24) is 5.43 Å². The molecule has 0 saturated carbocycles. The van der Waals surface area contributed by atoms with Crippen LogP contribution in [0.5, 0.6) is 11.5 Å². The normalized spacial score (nSPS) is 10.9. The van der Waals surface area contributed by atoms with Crippen LogP contribution in [0.3, 0.4) is 0 Å². The minimum absolute atomic E-state index is 0.201. The van der Waals surface area contributed by atoms with Crippen LogP contribution in [0.25, 0.3) is 10.8 Å². The van der Waals surface area contributed by atoms with Crippen LogP contribution >= 0.6 is 27.5 Å². The van der Waals surface area contributed by atoms with Crippen molar-refractivity contribution in [3.63, 3.8) is 0 Å². The van der Waals surface area contributed by atoms with Gasteiger partial charge in [0.2, 0.25) is 0 Å². The lowest BCUT2D eigenvalue weighted by molar-refractivity contribution is -0.123. The van der Waals surface area contributed by atoms with E-state index in [1.165, 1.54) is 6.21 Å². The summed E-state index contributed by atoms with van der Waals surface area (Å²) in [4.78, 5) is 24.8. The van der Waals surface area contributed by atoms with Crippen LogP contribution in [0.1, 0.15) is 15.9 Å². The first-order chi connectivity index (χ1) is 16.5. The van der Waals surface area contributed by atoms with Crippen molar-refractivity contribution >= 4 is 56.4 Å². The van der Waals surface area contributed by atoms with E-state index in [0.29, 0.717) is 27.6 Å². The highest BCUT2D eigenvalue weighted by atomic mass is 79.9. The van der Waals surface area contributed by atoms with E-state index in [4.69, 9.17) is 21.1 Å². The minimum Gasteiger partial charge on any atom is -0.484 e. The quantitative estimate of drug-likeness (QED) is 0.136. The van der Waals surface area contributed by atoms with Gasteiger partial charge >= 0.3 is 5.97 Å². The van der Waals surface area contributed by atoms with Crippen LogP contribution in [0.2, 0.25) is 5.02 Å². The van der Waals surface area contributed by atoms with E-state index in [9.17, 15) is 9.59 Å². The molecule has 4 rings (SSSR count). The van der Waals surface area contributed by atoms with Gasteiger partial charge in [-0.3, -0.25) is 4.79 Å². The van der Waals surface area contributed by atoms with E-state index in [0.717, 1.165) is 15.2 Å². The molecule has 34 heavy (non-hydrogen) atoms. The number of fused-ring (bicyclic) bond motifs is 1. The van der Waals surface area contributed by atoms with Crippen molar-refractivity contribution in [3.05, 3.63) is 106 Å². The maximum atomic E-state index is 12.6. The first-order valence-electron chi connectivity index (χ1n) is 10.2. The Bertz CT molecular complexity index is 1360. The summed E-state index contributed by atoms with van der Waals surface area (Å²) < 4.78 is 12.0. The molecule has 0 fully saturated rings. The molecule has 0 bridgehead atoms. The number of nitrogens with one attached hydrogen (secondary N) is 1. The second-order valence-electron chi connectivity index (χ2n) is 7.13. The molecule has 0 saturated heterocycles. The number of esters is 1. The van der Waals surface area contributed by atoms with Crippen molar-refractivity contribution in [2.24, 2.45) is 5.10 Å². The van der Waals surface area contributed by atoms with Crippen molar-refractivity contribution < 1.29 is 19.1 Å². The van der Waals surface area contributed by atoms with Gasteiger partial charge in [-0.2, -0.15) is 5.10 Å². The summed E-state index contributed by atoms with van der Waals surface area (Å²) in [6.07, 6.45) is 1.45. The molecule has 6 nitrogen and oxygen atoms in total. The predicted molar refractivity (Wildman–Crippen MR) is 136 cm³/mol. The highest BCUT2D eigenvalue weighted by Crippen LogP contribution is 2.27. The van der Waals surface area contributed by atoms with E-state index in [-0.39, 0.29) is 6.61 Å². The smallest absolute Gasteiger partial charge is 0.343 e. The molecular formula is C26H18BrClN2O4. The molecular weight excluding hydrogens is 520 g/mol. The van der Waals surface area contributed by atoms with E-state index in [1.807, 2.05) is 42.5 Å². The number of hydrogen-bond donors (Lipinski definition) is 1. The molecule has 0 aliphatic heterocycles. The fourth-order valence-electron chi connectivity index (χ4n) is 3.12. The lowest BCUT2D eigenvalue weighted by atomic mass is 10.0. The number of rotatable bonds is 7. The molecule has 0 spiro atoms. The number of carbonyl (C=O) groups is 2. The fraction of sp³-hybridized carbons (Fsp3) is 0.0385. The van der Waals surface area contributed by atoms with Crippen molar-refractivity contribution in [3.8, 4) is 11.5 Å². The average Bonchev–Trinajstić information content (AvgIpc) is 2.85. The van der Waals surface area contributed by atoms with Crippen LogP contribution < -0.4 is 14.9 Å². The summed E-state index contributed by atoms with van der Waals surface area (Å²) in [6.45, 7) is -0.201. The Hall–Kier alpha value is -3.68. The van der Waals surface area contributed by atoms with Crippen LogP contribution in [0.4, 0.5) is 0 Å². The van der Waals surface area contributed by atoms with Gasteiger partial charge in [0.15, 0.2) is 6.61 Å². The van der Waals surface area contributed by atoms with E-state index >= 15 is 0 Å². The van der Waals surface area contributed by atoms with Gasteiger partial charge in [-0.1, -0.05) is 57.9 Å². The molecule has 0 unspecified atom stereocenters. The molecule has 0 aliphatic rings. The third-order valence-electron chi connectivity index (χ3n) is 4.78. The van der Waals surface area contributed by atoms with Gasteiger partial charge in [-0.15, -0.1) is 0 Å². The number of amides is 1. The number of carbonyl (C=O) groups excluding carboxylic acids is 2. The maximum Gasteiger partial charge on any atom is 0.343 e. The third-order valence-corrected chi connectivity index (χ3v) is 5.56. The van der Waals surface area contributed by atoms with Crippen LogP contribution in [0, 0.1) is 0 Å². The number of nitrogens with zero attached hydrogens (tertiary/aromatic N) is 1. The van der Waals surface area contributed by atoms with Gasteiger partial charge in [0.25, 0.3) is 5.91 Å². The Kier molecular flexibility index (Phi) is 7.57. The first-order valence-corrected chi connectivity index (χ1v) is 11.4. The van der Waals surface area contributed by atoms with Gasteiger partial charge in [0, 0.05) is 15.1 Å². The Balaban J connectivity index is 1.50. The summed E-state index contributed by atoms with van der Waals surface area (Å²) in [5.74, 6) is -0.0943. The number of hydrazone groups is 1. The molecule has 4 aromatic carbocycles. The zero-order chi connectivity index (χ0) is 23.9. The van der Waals surface area contributed by atoms with Gasteiger partial charge in [-0.25, -0.2) is 10.2 Å². The van der Waals surface area contributed by atoms with Crippen LogP contribution in [0.15, 0.2) is 94.5 Å². The van der Waals surface area contributed by atoms with Crippen molar-refractivity contribution in [2.45, 2.75) is 0 Å². The molecule has 1 amide bonds. The van der Waals surface area contributed by atoms with E-state index in [1.54, 1.807) is 42.5 Å². The summed E-state index contributed by atoms with van der Waals surface area (Å²) in [5, 5.41) is 6.32. The number of ether oxygens (including phenoxy) is 2. The lowest BCUT2D eigenvalue weighted by Gasteiger charge is -2.11. The zero-order valence-corrected chi connectivity index (χ0v) is 20.0. The maximum absolute atomic E-state index is 12.6. The predicted octanol–water partition coefficient (Wildman–Crippen LogP) is 6.00. The monoisotopic (exact) mass is 536 g/mol. The Morgan fingerprint density at radius 1 is 0.941 bits per heavy atom. The topological polar surface area (TPSA) is 77.0 Å². The molecule has 0 heterocycles. The van der Waals surface area contributed by atoms with Gasteiger partial charge < -0.3 is 9.47 Å². The molecule has 0 radical (unpaired) electrons. The summed E-state index contributed by atoms with van der Waals surface area (Å²) in [5.41, 5.74) is 3.35. The highest BCUT2D eigenvalue weighted by molar-refractivity contribution is 9.10. The number of halogens is 2. The molecule has 0 aromatic heterocycles. The molecule has 8 heteroatoms. The number of benzene rings is 4. The highest BCUT2D eigenvalue weighted by Gasteiger charge is 2.14. The minimum atomic E-state index is -0.534. The molecule has 0 atom stereocenters. The molecule has 0 aliphatic carbocycles. The summed E-state index contributed by atoms with van der Waals surface area (Å²) >= 11 is 9.24. The largest absolute Gasteiger partial charge is 0.484 e. The summed E-state index contributed by atoms with van der Waals surface area (Å²) in [7, 11) is 0. The Morgan fingerprint density at radius 2 is 1.68 bits per heavy atom. The Labute approximate surface area is 209 Å². The summed E-state index contributed by atoms with van der Waals surface area (Å²) in [6, 6.07) is 24.7. The second-order valence-corrected chi connectivity index (χ2v) is 8.48. The second kappa shape index (κ2) is 11.0. The van der Waals surface area contributed by atoms with E-state index in [2.05, 4.69) is 26.5 Å². The average molecular weight is 538 g/mol. The zero-order valence-electron chi connectivity index (χ0n) is 17.7. The van der Waals surface area contributed by atoms with E-state index < -0.39 is 11.9 Å². The van der Waals surface area contributed by atoms with Crippen molar-refractivity contribution in [1.29, 1.82) is 0 Å². The van der Waals surface area contributed by atoms with Gasteiger partial charge in [0.05, 0.1) is 11.8 Å². The van der Waals surface area contributed by atoms with Crippen LogP contribution in [-0.2, 0) is 4.79 Å². The number of hydrogen-bond acceptors (Lipinski definition) is 5. The third kappa shape index (κ3) is 6.01. The molecule has 170 valence electrons. The Morgan fingerprint density at radius 3 is 2.44 bits per heavy atom. The van der Waals surface area contributed by atoms with Crippen molar-refractivity contribution in [2.75, 3.05) is 6.61 Å². The molecule has 4 aromatic rings. The standard InChI is InChI=1S/C26H18BrClN2O4/c27-19-8-12-21(13-9-19)33-16-25(31)30-29-15-23-22-4-2-1-3-17(22)7-14-24(23)34-26(32)18-5-10-20(28)11-6-18/h1-15H,16H2,(H,30,31)/b29-15-. The SMILES string of the molecule is O=C(COc1ccc(Br)cc1)N/N=C\c1c(OC(=O)c2ccc(Cl)cc2)ccc2ccccc12. The van der Waals surface area contributed by atoms with Crippen LogP contribution in [-0.4, -0.2) is 24.7 Å². The fourth-order valence-corrected chi connectivity index (χ4v) is 3.51. The molecule has 1 N–H and O–H groups in total. The first kappa shape index (κ1) is 23.5.